The highest BCUT2D eigenvalue weighted by Crippen LogP contribution is 2.27. The van der Waals surface area contributed by atoms with Crippen molar-refractivity contribution >= 4 is 38.1 Å². The maximum absolute atomic E-state index is 11.9. The molecule has 0 saturated heterocycles. The van der Waals surface area contributed by atoms with Crippen LogP contribution in [0, 0.1) is 0 Å². The maximum Gasteiger partial charge on any atom is 0.573 e. The van der Waals surface area contributed by atoms with Gasteiger partial charge in [-0.1, -0.05) is 11.3 Å². The van der Waals surface area contributed by atoms with Crippen molar-refractivity contribution in [3.8, 4) is 5.75 Å². The van der Waals surface area contributed by atoms with Crippen molar-refractivity contribution in [1.82, 2.24) is 10.2 Å². The second-order valence-corrected chi connectivity index (χ2v) is 5.31. The van der Waals surface area contributed by atoms with Gasteiger partial charge in [-0.05, 0) is 40.2 Å². The van der Waals surface area contributed by atoms with E-state index in [4.69, 9.17) is 0 Å². The summed E-state index contributed by atoms with van der Waals surface area (Å²) in [5.41, 5.74) is 0.591. The third kappa shape index (κ3) is 3.84. The summed E-state index contributed by atoms with van der Waals surface area (Å²) < 4.78 is 40.2. The van der Waals surface area contributed by atoms with Crippen molar-refractivity contribution in [2.45, 2.75) is 6.36 Å². The molecule has 1 aromatic carbocycles. The van der Waals surface area contributed by atoms with E-state index in [1.807, 2.05) is 0 Å². The van der Waals surface area contributed by atoms with Crippen LogP contribution >= 0.6 is 27.3 Å². The van der Waals surface area contributed by atoms with E-state index in [1.54, 1.807) is 0 Å². The molecule has 0 spiro atoms. The second kappa shape index (κ2) is 5.11. The highest BCUT2D eigenvalue weighted by atomic mass is 79.9. The fraction of sp³-hybridized carbons (Fsp3) is 0.111. The van der Waals surface area contributed by atoms with Crippen LogP contribution in [0.4, 0.5) is 24.0 Å². The molecular weight excluding hydrogens is 335 g/mol. The minimum atomic E-state index is -4.68. The van der Waals surface area contributed by atoms with Crippen molar-refractivity contribution in [3.05, 3.63) is 28.2 Å². The van der Waals surface area contributed by atoms with Crippen LogP contribution in [0.5, 0.6) is 5.75 Å². The van der Waals surface area contributed by atoms with Gasteiger partial charge in [-0.3, -0.25) is 0 Å². The minimum Gasteiger partial charge on any atom is -0.406 e. The van der Waals surface area contributed by atoms with Crippen LogP contribution in [0.15, 0.2) is 28.2 Å². The first-order valence-electron chi connectivity index (χ1n) is 4.54. The highest BCUT2D eigenvalue weighted by Gasteiger charge is 2.30. The van der Waals surface area contributed by atoms with E-state index >= 15 is 0 Å². The molecule has 0 unspecified atom stereocenters. The number of aromatic nitrogens is 2. The van der Waals surface area contributed by atoms with Gasteiger partial charge in [0.15, 0.2) is 3.92 Å². The second-order valence-electron chi connectivity index (χ2n) is 3.06. The van der Waals surface area contributed by atoms with E-state index in [2.05, 4.69) is 36.2 Å². The molecule has 96 valence electrons. The SMILES string of the molecule is FC(F)(F)Oc1ccc(Nc2nnc(Br)s2)cc1. The van der Waals surface area contributed by atoms with Gasteiger partial charge in [0.1, 0.15) is 5.75 Å². The van der Waals surface area contributed by atoms with E-state index < -0.39 is 6.36 Å². The van der Waals surface area contributed by atoms with E-state index in [-0.39, 0.29) is 5.75 Å². The molecule has 0 atom stereocenters. The van der Waals surface area contributed by atoms with Crippen molar-refractivity contribution in [2.24, 2.45) is 0 Å². The molecule has 1 N–H and O–H groups in total. The average molecular weight is 340 g/mol. The number of nitrogens with zero attached hydrogens (tertiary/aromatic N) is 2. The predicted octanol–water partition coefficient (Wildman–Crippen LogP) is 3.94. The molecule has 2 rings (SSSR count). The molecule has 4 nitrogen and oxygen atoms in total. The summed E-state index contributed by atoms with van der Waals surface area (Å²) in [6.45, 7) is 0. The van der Waals surface area contributed by atoms with Crippen LogP contribution < -0.4 is 10.1 Å². The molecule has 0 aliphatic carbocycles. The Balaban J connectivity index is 2.04. The zero-order chi connectivity index (χ0) is 13.2. The molecule has 2 aromatic rings. The number of benzene rings is 1. The Morgan fingerprint density at radius 3 is 2.33 bits per heavy atom. The molecule has 0 amide bonds. The molecule has 0 radical (unpaired) electrons. The van der Waals surface area contributed by atoms with Crippen LogP contribution in [0.25, 0.3) is 0 Å². The van der Waals surface area contributed by atoms with Crippen LogP contribution in [-0.4, -0.2) is 16.6 Å². The van der Waals surface area contributed by atoms with Gasteiger partial charge in [0.2, 0.25) is 5.13 Å². The fourth-order valence-corrected chi connectivity index (χ4v) is 2.15. The summed E-state index contributed by atoms with van der Waals surface area (Å²) in [6, 6.07) is 5.34. The Labute approximate surface area is 112 Å². The minimum absolute atomic E-state index is 0.272. The quantitative estimate of drug-likeness (QED) is 0.919. The standard InChI is InChI=1S/C9H5BrF3N3OS/c10-7-15-16-8(18-7)14-5-1-3-6(4-2-5)17-9(11,12)13/h1-4H,(H,14,16). The zero-order valence-corrected chi connectivity index (χ0v) is 10.9. The Hall–Kier alpha value is -1.35. The normalized spacial score (nSPS) is 11.3. The number of ether oxygens (including phenoxy) is 1. The summed E-state index contributed by atoms with van der Waals surface area (Å²) in [6.07, 6.45) is -4.68. The number of rotatable bonds is 3. The number of alkyl halides is 3. The molecule has 0 bridgehead atoms. The molecular formula is C9H5BrF3N3OS. The van der Waals surface area contributed by atoms with Crippen molar-refractivity contribution < 1.29 is 17.9 Å². The molecule has 0 aliphatic rings. The third-order valence-corrected chi connectivity index (χ3v) is 3.01. The topological polar surface area (TPSA) is 47.0 Å². The maximum atomic E-state index is 11.9. The number of hydrogen-bond donors (Lipinski definition) is 1. The Bertz CT molecular complexity index is 529. The molecule has 0 aliphatic heterocycles. The smallest absolute Gasteiger partial charge is 0.406 e. The van der Waals surface area contributed by atoms with Gasteiger partial charge in [0, 0.05) is 5.69 Å². The summed E-state index contributed by atoms with van der Waals surface area (Å²) in [4.78, 5) is 0. The number of nitrogens with one attached hydrogen (secondary N) is 1. The first kappa shape index (κ1) is 13.1. The van der Waals surface area contributed by atoms with E-state index in [1.165, 1.54) is 35.6 Å². The first-order valence-corrected chi connectivity index (χ1v) is 6.15. The lowest BCUT2D eigenvalue weighted by Gasteiger charge is -2.09. The lowest BCUT2D eigenvalue weighted by atomic mass is 10.3. The van der Waals surface area contributed by atoms with Gasteiger partial charge in [0.25, 0.3) is 0 Å². The fourth-order valence-electron chi connectivity index (χ4n) is 1.12. The Kier molecular flexibility index (Phi) is 3.71. The van der Waals surface area contributed by atoms with Gasteiger partial charge < -0.3 is 10.1 Å². The molecule has 0 fully saturated rings. The summed E-state index contributed by atoms with van der Waals surface area (Å²) in [7, 11) is 0. The number of hydrogen-bond acceptors (Lipinski definition) is 5. The molecule has 0 saturated carbocycles. The molecule has 9 heteroatoms. The average Bonchev–Trinajstić information content (AvgIpc) is 2.65. The van der Waals surface area contributed by atoms with Crippen LogP contribution in [0.3, 0.4) is 0 Å². The van der Waals surface area contributed by atoms with Crippen molar-refractivity contribution in [3.63, 3.8) is 0 Å². The van der Waals surface area contributed by atoms with E-state index in [9.17, 15) is 13.2 Å². The van der Waals surface area contributed by atoms with Crippen LogP contribution in [-0.2, 0) is 0 Å². The molecule has 1 aromatic heterocycles. The summed E-state index contributed by atoms with van der Waals surface area (Å²) in [5.74, 6) is -0.272. The van der Waals surface area contributed by atoms with Crippen LogP contribution in [0.1, 0.15) is 0 Å². The monoisotopic (exact) mass is 339 g/mol. The summed E-state index contributed by atoms with van der Waals surface area (Å²) in [5, 5.41) is 10.9. The van der Waals surface area contributed by atoms with Gasteiger partial charge in [0.05, 0.1) is 0 Å². The summed E-state index contributed by atoms with van der Waals surface area (Å²) >= 11 is 4.42. The highest BCUT2D eigenvalue weighted by molar-refractivity contribution is 9.11. The van der Waals surface area contributed by atoms with Crippen LogP contribution in [0.2, 0.25) is 0 Å². The largest absolute Gasteiger partial charge is 0.573 e. The zero-order valence-electron chi connectivity index (χ0n) is 8.53. The number of halogens is 4. The lowest BCUT2D eigenvalue weighted by molar-refractivity contribution is -0.274. The van der Waals surface area contributed by atoms with Crippen molar-refractivity contribution in [1.29, 1.82) is 0 Å². The molecule has 18 heavy (non-hydrogen) atoms. The number of anilines is 2. The third-order valence-electron chi connectivity index (χ3n) is 1.74. The van der Waals surface area contributed by atoms with Gasteiger partial charge in [-0.25, -0.2) is 0 Å². The lowest BCUT2D eigenvalue weighted by Crippen LogP contribution is -2.16. The van der Waals surface area contributed by atoms with Gasteiger partial charge in [-0.2, -0.15) is 0 Å². The first-order chi connectivity index (χ1) is 8.42. The van der Waals surface area contributed by atoms with E-state index in [0.29, 0.717) is 14.7 Å². The Morgan fingerprint density at radius 1 is 1.17 bits per heavy atom. The van der Waals surface area contributed by atoms with Crippen molar-refractivity contribution in [2.75, 3.05) is 5.32 Å². The predicted molar refractivity (Wildman–Crippen MR) is 64.0 cm³/mol. The Morgan fingerprint density at radius 2 is 1.83 bits per heavy atom. The molecule has 1 heterocycles. The van der Waals surface area contributed by atoms with E-state index in [0.717, 1.165) is 0 Å². The van der Waals surface area contributed by atoms with Gasteiger partial charge in [-0.15, -0.1) is 23.4 Å². The van der Waals surface area contributed by atoms with Gasteiger partial charge >= 0.3 is 6.36 Å².